The number of carbonyl (C=O) groups is 3. The topological polar surface area (TPSA) is 81.7 Å². The van der Waals surface area contributed by atoms with Gasteiger partial charge in [-0.3, -0.25) is 14.4 Å². The molecule has 0 saturated carbocycles. The number of carbonyl (C=O) groups excluding carboxylic acids is 3. The van der Waals surface area contributed by atoms with Crippen molar-refractivity contribution in [2.24, 2.45) is 5.92 Å². The van der Waals surface area contributed by atoms with E-state index in [1.54, 1.807) is 17.7 Å². The van der Waals surface area contributed by atoms with Crippen LogP contribution in [0, 0.1) is 5.92 Å². The third-order valence-electron chi connectivity index (χ3n) is 2.38. The maximum Gasteiger partial charge on any atom is 0.306 e. The molecule has 0 aliphatic carbocycles. The van der Waals surface area contributed by atoms with Gasteiger partial charge in [0.1, 0.15) is 6.61 Å². The summed E-state index contributed by atoms with van der Waals surface area (Å²) in [6.07, 6.45) is 0.686. The van der Waals surface area contributed by atoms with E-state index >= 15 is 0 Å². The monoisotopic (exact) mass is 365 g/mol. The zero-order valence-electron chi connectivity index (χ0n) is 14.3. The van der Waals surface area contributed by atoms with Gasteiger partial charge in [-0.25, -0.2) is 0 Å². The zero-order valence-corrected chi connectivity index (χ0v) is 15.9. The van der Waals surface area contributed by atoms with Crippen molar-refractivity contribution in [1.29, 1.82) is 0 Å². The lowest BCUT2D eigenvalue weighted by Gasteiger charge is -2.12. The molecule has 23 heavy (non-hydrogen) atoms. The molecule has 6 nitrogen and oxygen atoms in total. The van der Waals surface area contributed by atoms with E-state index in [0.717, 1.165) is 0 Å². The Morgan fingerprint density at radius 3 is 1.83 bits per heavy atom. The summed E-state index contributed by atoms with van der Waals surface area (Å²) < 4.78 is 10.1. The summed E-state index contributed by atoms with van der Waals surface area (Å²) in [5.74, 6) is 1.02. The second-order valence-electron chi connectivity index (χ2n) is 5.51. The number of esters is 2. The number of ether oxygens (including phenoxy) is 2. The lowest BCUT2D eigenvalue weighted by Crippen LogP contribution is -2.34. The molecule has 0 saturated heterocycles. The van der Waals surface area contributed by atoms with Crippen LogP contribution in [0.3, 0.4) is 0 Å². The Hall–Kier alpha value is -0.890. The van der Waals surface area contributed by atoms with Crippen LogP contribution >= 0.6 is 21.6 Å². The summed E-state index contributed by atoms with van der Waals surface area (Å²) in [6.45, 7) is 7.82. The van der Waals surface area contributed by atoms with Crippen molar-refractivity contribution in [3.8, 4) is 0 Å². The molecule has 1 atom stereocenters. The first-order chi connectivity index (χ1) is 10.8. The molecule has 0 radical (unpaired) electrons. The fourth-order valence-electron chi connectivity index (χ4n) is 1.38. The van der Waals surface area contributed by atoms with Crippen molar-refractivity contribution < 1.29 is 23.9 Å². The van der Waals surface area contributed by atoms with Gasteiger partial charge in [-0.05, 0) is 12.8 Å². The first-order valence-electron chi connectivity index (χ1n) is 7.64. The quantitative estimate of drug-likeness (QED) is 0.323. The minimum Gasteiger partial charge on any atom is -0.465 e. The van der Waals surface area contributed by atoms with E-state index in [1.165, 1.54) is 17.7 Å². The lowest BCUT2D eigenvalue weighted by molar-refractivity contribution is -0.145. The Bertz CT molecular complexity index is 377. The highest BCUT2D eigenvalue weighted by molar-refractivity contribution is 8.76. The first-order valence-corrected chi connectivity index (χ1v) is 10.1. The Kier molecular flexibility index (Phi) is 13.0. The molecular weight excluding hydrogens is 338 g/mol. The minimum absolute atomic E-state index is 0.146. The second-order valence-corrected chi connectivity index (χ2v) is 8.21. The summed E-state index contributed by atoms with van der Waals surface area (Å²) in [6, 6.07) is -0.185. The molecule has 0 aliphatic rings. The Morgan fingerprint density at radius 1 is 0.913 bits per heavy atom. The maximum absolute atomic E-state index is 11.5. The normalized spacial score (nSPS) is 11.9. The molecule has 0 aromatic heterocycles. The number of hydrogen-bond acceptors (Lipinski definition) is 7. The minimum atomic E-state index is -0.286. The van der Waals surface area contributed by atoms with Gasteiger partial charge < -0.3 is 14.8 Å². The average molecular weight is 366 g/mol. The highest BCUT2D eigenvalue weighted by Gasteiger charge is 2.09. The number of hydrogen-bond donors (Lipinski definition) is 1. The summed E-state index contributed by atoms with van der Waals surface area (Å²) >= 11 is 0. The fraction of sp³-hybridized carbons (Fsp3) is 0.800. The van der Waals surface area contributed by atoms with Crippen molar-refractivity contribution in [2.75, 3.05) is 24.7 Å². The summed E-state index contributed by atoms with van der Waals surface area (Å²) in [7, 11) is 3.07. The van der Waals surface area contributed by atoms with Gasteiger partial charge in [0.15, 0.2) is 0 Å². The first kappa shape index (κ1) is 22.1. The summed E-state index contributed by atoms with van der Waals surface area (Å²) in [5, 5.41) is 2.64. The zero-order chi connectivity index (χ0) is 17.7. The van der Waals surface area contributed by atoms with Crippen LogP contribution < -0.4 is 5.32 Å². The predicted octanol–water partition coefficient (Wildman–Crippen LogP) is 2.42. The number of amides is 1. The standard InChI is InChI=1S/C15H27NO5S2/c1-11(2)9-20-14(18)5-7-22-23-8-6-15(19)21-10-12(3)16-13(4)17/h11-12H,5-10H2,1-4H3,(H,16,17). The smallest absolute Gasteiger partial charge is 0.306 e. The molecule has 134 valence electrons. The van der Waals surface area contributed by atoms with Crippen LogP contribution in [0.15, 0.2) is 0 Å². The molecule has 0 aromatic rings. The maximum atomic E-state index is 11.5. The van der Waals surface area contributed by atoms with Crippen LogP contribution in [0.25, 0.3) is 0 Å². The highest BCUT2D eigenvalue weighted by atomic mass is 33.1. The van der Waals surface area contributed by atoms with Gasteiger partial charge in [-0.15, -0.1) is 0 Å². The molecule has 1 unspecified atom stereocenters. The molecule has 0 rings (SSSR count). The van der Waals surface area contributed by atoms with Crippen LogP contribution in [0.2, 0.25) is 0 Å². The number of rotatable bonds is 12. The molecule has 0 bridgehead atoms. The van der Waals surface area contributed by atoms with Crippen LogP contribution in [0.4, 0.5) is 0 Å². The largest absolute Gasteiger partial charge is 0.465 e. The lowest BCUT2D eigenvalue weighted by atomic mass is 10.2. The second kappa shape index (κ2) is 13.5. The third-order valence-corrected chi connectivity index (χ3v) is 4.79. The molecule has 0 aromatic carbocycles. The molecule has 1 N–H and O–H groups in total. The number of nitrogens with one attached hydrogen (secondary N) is 1. The van der Waals surface area contributed by atoms with Crippen molar-refractivity contribution in [2.45, 2.75) is 46.6 Å². The molecule has 0 spiro atoms. The van der Waals surface area contributed by atoms with Gasteiger partial charge in [0.25, 0.3) is 0 Å². The SMILES string of the molecule is CC(=O)NC(C)COC(=O)CCSSCCC(=O)OCC(C)C. The van der Waals surface area contributed by atoms with E-state index in [4.69, 9.17) is 9.47 Å². The van der Waals surface area contributed by atoms with Crippen LogP contribution in [-0.2, 0) is 23.9 Å². The van der Waals surface area contributed by atoms with Gasteiger partial charge >= 0.3 is 11.9 Å². The van der Waals surface area contributed by atoms with Crippen molar-refractivity contribution in [1.82, 2.24) is 5.32 Å². The molecule has 1 amide bonds. The molecule has 0 heterocycles. The van der Waals surface area contributed by atoms with E-state index < -0.39 is 0 Å². The summed E-state index contributed by atoms with van der Waals surface area (Å²) in [4.78, 5) is 33.7. The fourth-order valence-corrected chi connectivity index (χ4v) is 3.32. The van der Waals surface area contributed by atoms with Crippen LogP contribution in [0.1, 0.15) is 40.5 Å². The van der Waals surface area contributed by atoms with Gasteiger partial charge in [-0.1, -0.05) is 35.4 Å². The van der Waals surface area contributed by atoms with E-state index in [2.05, 4.69) is 5.32 Å². The van der Waals surface area contributed by atoms with Crippen molar-refractivity contribution in [3.05, 3.63) is 0 Å². The van der Waals surface area contributed by atoms with Gasteiger partial charge in [0, 0.05) is 18.4 Å². The highest BCUT2D eigenvalue weighted by Crippen LogP contribution is 2.23. The molecule has 8 heteroatoms. The van der Waals surface area contributed by atoms with Gasteiger partial charge in [0.05, 0.1) is 25.5 Å². The van der Waals surface area contributed by atoms with Crippen LogP contribution in [0.5, 0.6) is 0 Å². The third kappa shape index (κ3) is 15.8. The predicted molar refractivity (Wildman–Crippen MR) is 94.2 cm³/mol. The Morgan fingerprint density at radius 2 is 1.39 bits per heavy atom. The van der Waals surface area contributed by atoms with E-state index in [9.17, 15) is 14.4 Å². The molecule has 0 fully saturated rings. The van der Waals surface area contributed by atoms with Crippen molar-refractivity contribution in [3.63, 3.8) is 0 Å². The average Bonchev–Trinajstić information content (AvgIpc) is 2.45. The summed E-state index contributed by atoms with van der Waals surface area (Å²) in [5.41, 5.74) is 0. The van der Waals surface area contributed by atoms with Crippen molar-refractivity contribution >= 4 is 39.4 Å². The van der Waals surface area contributed by atoms with Gasteiger partial charge in [0.2, 0.25) is 5.91 Å². The van der Waals surface area contributed by atoms with Gasteiger partial charge in [-0.2, -0.15) is 0 Å². The van der Waals surface area contributed by atoms with E-state index in [-0.39, 0.29) is 30.5 Å². The molecule has 0 aliphatic heterocycles. The van der Waals surface area contributed by atoms with Crippen LogP contribution in [-0.4, -0.2) is 48.6 Å². The Balaban J connectivity index is 3.48. The van der Waals surface area contributed by atoms with E-state index in [1.807, 2.05) is 13.8 Å². The molecular formula is C15H27NO5S2. The van der Waals surface area contributed by atoms with E-state index in [0.29, 0.717) is 36.9 Å². The Labute approximate surface area is 146 Å².